The van der Waals surface area contributed by atoms with E-state index in [9.17, 15) is 10.2 Å². The van der Waals surface area contributed by atoms with Crippen molar-refractivity contribution in [3.8, 4) is 23.0 Å². The summed E-state index contributed by atoms with van der Waals surface area (Å²) in [5.74, 6) is 3.37. The van der Waals surface area contributed by atoms with Crippen LogP contribution in [0.3, 0.4) is 0 Å². The van der Waals surface area contributed by atoms with Crippen molar-refractivity contribution in [1.29, 1.82) is 0 Å². The lowest BCUT2D eigenvalue weighted by Gasteiger charge is -2.20. The van der Waals surface area contributed by atoms with E-state index in [0.717, 1.165) is 36.5 Å². The maximum Gasteiger partial charge on any atom is 0.169 e. The molecule has 4 atom stereocenters. The van der Waals surface area contributed by atoms with Crippen LogP contribution < -0.4 is 14.2 Å². The minimum absolute atomic E-state index is 0.0498. The van der Waals surface area contributed by atoms with Gasteiger partial charge in [0.15, 0.2) is 11.5 Å². The predicted octanol–water partition coefficient (Wildman–Crippen LogP) is 8.58. The summed E-state index contributed by atoms with van der Waals surface area (Å²) < 4.78 is 30.3. The molecule has 3 rings (SSSR count). The monoisotopic (exact) mass is 624 g/mol. The molecule has 0 heterocycles. The summed E-state index contributed by atoms with van der Waals surface area (Å²) in [4.78, 5) is 0. The van der Waals surface area contributed by atoms with E-state index in [2.05, 4.69) is 27.7 Å². The molecule has 0 aromatic heterocycles. The minimum atomic E-state index is -0.794. The highest BCUT2D eigenvalue weighted by molar-refractivity contribution is 5.95. The fourth-order valence-corrected chi connectivity index (χ4v) is 5.25. The van der Waals surface area contributed by atoms with Crippen LogP contribution in [-0.2, 0) is 9.47 Å². The normalized spacial score (nSPS) is 14.2. The molecule has 250 valence electrons. The van der Waals surface area contributed by atoms with Crippen LogP contribution in [0, 0.1) is 11.8 Å². The topological polar surface area (TPSA) is 86.6 Å². The summed E-state index contributed by atoms with van der Waals surface area (Å²) in [6, 6.07) is 19.0. The van der Waals surface area contributed by atoms with Gasteiger partial charge in [-0.15, -0.1) is 0 Å². The summed E-state index contributed by atoms with van der Waals surface area (Å²) in [7, 11) is 0. The molecule has 0 amide bonds. The van der Waals surface area contributed by atoms with Crippen molar-refractivity contribution in [3.05, 3.63) is 60.7 Å². The van der Waals surface area contributed by atoms with Crippen LogP contribution in [0.2, 0.25) is 0 Å². The molecule has 0 fully saturated rings. The Labute approximate surface area is 270 Å². The summed E-state index contributed by atoms with van der Waals surface area (Å²) in [5.41, 5.74) is 0. The lowest BCUT2D eigenvalue weighted by atomic mass is 10.0. The van der Waals surface area contributed by atoms with Crippen LogP contribution >= 0.6 is 0 Å². The lowest BCUT2D eigenvalue weighted by molar-refractivity contribution is -0.00124. The van der Waals surface area contributed by atoms with Gasteiger partial charge in [0.05, 0.1) is 13.2 Å². The van der Waals surface area contributed by atoms with Crippen molar-refractivity contribution >= 4 is 10.8 Å². The maximum atomic E-state index is 10.7. The smallest absolute Gasteiger partial charge is 0.169 e. The van der Waals surface area contributed by atoms with Gasteiger partial charge in [-0.3, -0.25) is 0 Å². The number of hydrogen-bond donors (Lipinski definition) is 2. The average Bonchev–Trinajstić information content (AvgIpc) is 3.06. The average molecular weight is 625 g/mol. The number of fused-ring (bicyclic) bond motifs is 1. The Morgan fingerprint density at radius 3 is 1.73 bits per heavy atom. The van der Waals surface area contributed by atoms with Crippen LogP contribution in [0.4, 0.5) is 0 Å². The highest BCUT2D eigenvalue weighted by atomic mass is 16.5. The van der Waals surface area contributed by atoms with Crippen LogP contribution in [0.5, 0.6) is 23.0 Å². The fraction of sp³-hybridized carbons (Fsp3) is 0.579. The van der Waals surface area contributed by atoms with E-state index < -0.39 is 12.2 Å². The van der Waals surface area contributed by atoms with Gasteiger partial charge >= 0.3 is 0 Å². The van der Waals surface area contributed by atoms with Crippen molar-refractivity contribution in [1.82, 2.24) is 0 Å². The maximum absolute atomic E-state index is 10.7. The Morgan fingerprint density at radius 2 is 1.16 bits per heavy atom. The molecule has 3 aromatic carbocycles. The van der Waals surface area contributed by atoms with E-state index in [0.29, 0.717) is 48.0 Å². The Kier molecular flexibility index (Phi) is 17.1. The first kappa shape index (κ1) is 36.6. The number of unbranched alkanes of at least 4 members (excludes halogenated alkanes) is 2. The molecular weight excluding hydrogens is 568 g/mol. The molecule has 4 unspecified atom stereocenters. The van der Waals surface area contributed by atoms with Gasteiger partial charge in [0.2, 0.25) is 0 Å². The van der Waals surface area contributed by atoms with E-state index in [4.69, 9.17) is 23.7 Å². The van der Waals surface area contributed by atoms with E-state index >= 15 is 0 Å². The van der Waals surface area contributed by atoms with Crippen molar-refractivity contribution < 1.29 is 33.9 Å². The van der Waals surface area contributed by atoms with Gasteiger partial charge < -0.3 is 33.9 Å². The molecule has 0 spiro atoms. The van der Waals surface area contributed by atoms with Gasteiger partial charge in [-0.05, 0) is 55.0 Å². The standard InChI is InChI=1S/C38H56O7/c1-5-9-15-29(7-3)23-41-25-31(39)27-43-36-20-14-19-35-34(36)21-22-37(45-33-17-12-11-13-18-33)38(35)44-28-32(40)26-42-24-30(8-4)16-10-6-2/h11-14,17-22,29-32,39-40H,5-10,15-16,23-28H2,1-4H3. The summed E-state index contributed by atoms with van der Waals surface area (Å²) >= 11 is 0. The highest BCUT2D eigenvalue weighted by Gasteiger charge is 2.18. The zero-order chi connectivity index (χ0) is 32.3. The van der Waals surface area contributed by atoms with Crippen LogP contribution in [-0.4, -0.2) is 62.1 Å². The first-order valence-electron chi connectivity index (χ1n) is 17.0. The highest BCUT2D eigenvalue weighted by Crippen LogP contribution is 2.41. The van der Waals surface area contributed by atoms with E-state index in [1.165, 1.54) is 25.7 Å². The third-order valence-electron chi connectivity index (χ3n) is 8.17. The number of aliphatic hydroxyl groups excluding tert-OH is 2. The van der Waals surface area contributed by atoms with E-state index in [1.807, 2.05) is 60.7 Å². The van der Waals surface area contributed by atoms with Gasteiger partial charge in [-0.2, -0.15) is 0 Å². The van der Waals surface area contributed by atoms with Gasteiger partial charge in [-0.25, -0.2) is 0 Å². The largest absolute Gasteiger partial charge is 0.490 e. The van der Waals surface area contributed by atoms with Crippen molar-refractivity contribution in [2.24, 2.45) is 11.8 Å². The van der Waals surface area contributed by atoms with Gasteiger partial charge in [0.25, 0.3) is 0 Å². The SMILES string of the molecule is CCCCC(CC)COCC(O)COc1cccc2c(OCC(O)COCC(CC)CCCC)c(Oc3ccccc3)ccc12. The molecule has 2 N–H and O–H groups in total. The summed E-state index contributed by atoms with van der Waals surface area (Å²) in [6.07, 6.45) is 7.63. The third-order valence-corrected chi connectivity index (χ3v) is 8.17. The zero-order valence-electron chi connectivity index (χ0n) is 27.9. The first-order valence-corrected chi connectivity index (χ1v) is 17.0. The van der Waals surface area contributed by atoms with Crippen LogP contribution in [0.15, 0.2) is 60.7 Å². The van der Waals surface area contributed by atoms with Crippen LogP contribution in [0.1, 0.15) is 79.1 Å². The predicted molar refractivity (Wildman–Crippen MR) is 182 cm³/mol. The zero-order valence-corrected chi connectivity index (χ0v) is 27.9. The van der Waals surface area contributed by atoms with E-state index in [1.54, 1.807) is 0 Å². The van der Waals surface area contributed by atoms with Crippen LogP contribution in [0.25, 0.3) is 10.8 Å². The quantitative estimate of drug-likeness (QED) is 0.103. The van der Waals surface area contributed by atoms with Gasteiger partial charge in [0, 0.05) is 24.0 Å². The fourth-order valence-electron chi connectivity index (χ4n) is 5.25. The number of para-hydroxylation sites is 1. The molecule has 7 nitrogen and oxygen atoms in total. The Morgan fingerprint density at radius 1 is 0.556 bits per heavy atom. The third kappa shape index (κ3) is 12.8. The number of ether oxygens (including phenoxy) is 5. The van der Waals surface area contributed by atoms with Crippen molar-refractivity contribution in [2.75, 3.05) is 39.6 Å². The molecule has 0 saturated heterocycles. The number of rotatable bonds is 24. The molecule has 3 aromatic rings. The second-order valence-electron chi connectivity index (χ2n) is 12.0. The Balaban J connectivity index is 1.68. The molecular formula is C38H56O7. The van der Waals surface area contributed by atoms with E-state index in [-0.39, 0.29) is 26.4 Å². The lowest BCUT2D eigenvalue weighted by Crippen LogP contribution is -2.25. The number of benzene rings is 3. The molecule has 0 saturated carbocycles. The van der Waals surface area contributed by atoms with Gasteiger partial charge in [0.1, 0.15) is 36.9 Å². The Hall–Kier alpha value is -2.84. The summed E-state index contributed by atoms with van der Waals surface area (Å²) in [5, 5.41) is 22.9. The first-order chi connectivity index (χ1) is 22.0. The molecule has 0 radical (unpaired) electrons. The molecule has 7 heteroatoms. The van der Waals surface area contributed by atoms with Crippen molar-refractivity contribution in [2.45, 2.75) is 91.3 Å². The molecule has 0 aliphatic heterocycles. The molecule has 45 heavy (non-hydrogen) atoms. The number of aliphatic hydroxyl groups is 2. The number of hydrogen-bond acceptors (Lipinski definition) is 7. The minimum Gasteiger partial charge on any atom is -0.490 e. The van der Waals surface area contributed by atoms with Crippen molar-refractivity contribution in [3.63, 3.8) is 0 Å². The summed E-state index contributed by atoms with van der Waals surface area (Å²) in [6.45, 7) is 10.6. The Bertz CT molecular complexity index is 1200. The second-order valence-corrected chi connectivity index (χ2v) is 12.0. The second kappa shape index (κ2) is 21.0. The van der Waals surface area contributed by atoms with Gasteiger partial charge in [-0.1, -0.05) is 96.6 Å². The molecule has 0 bridgehead atoms. The molecule has 0 aliphatic rings. The molecule has 0 aliphatic carbocycles.